The summed E-state index contributed by atoms with van der Waals surface area (Å²) in [6.07, 6.45) is 4.34. The Bertz CT molecular complexity index is 1260. The van der Waals surface area contributed by atoms with Crippen molar-refractivity contribution in [2.24, 2.45) is 14.1 Å². The largest absolute Gasteiger partial charge is 0.447 e. The highest BCUT2D eigenvalue weighted by Crippen LogP contribution is 2.49. The minimum Gasteiger partial charge on any atom is -0.447 e. The van der Waals surface area contributed by atoms with Crippen LogP contribution in [0.3, 0.4) is 0 Å². The average molecular weight is 374 g/mol. The van der Waals surface area contributed by atoms with Crippen LogP contribution in [-0.4, -0.2) is 12.6 Å². The number of aryl methyl sites for hydroxylation is 3. The molecule has 3 nitrogen and oxygen atoms in total. The highest BCUT2D eigenvalue weighted by molar-refractivity contribution is 6.88. The van der Waals surface area contributed by atoms with E-state index in [1.165, 1.54) is 43.7 Å². The van der Waals surface area contributed by atoms with E-state index in [0.29, 0.717) is 0 Å². The molecule has 0 N–H and O–H groups in total. The van der Waals surface area contributed by atoms with Gasteiger partial charge in [-0.25, -0.2) is 0 Å². The van der Waals surface area contributed by atoms with Crippen LogP contribution in [0.2, 0.25) is 19.6 Å². The lowest BCUT2D eigenvalue weighted by Crippen LogP contribution is -2.37. The minimum atomic E-state index is -1.40. The Labute approximate surface area is 160 Å². The first kappa shape index (κ1) is 16.6. The van der Waals surface area contributed by atoms with Crippen LogP contribution in [-0.2, 0) is 14.1 Å². The van der Waals surface area contributed by atoms with Gasteiger partial charge in [0.15, 0.2) is 11.9 Å². The van der Waals surface area contributed by atoms with Crippen LogP contribution in [0.4, 0.5) is 0 Å². The molecule has 0 unspecified atom stereocenters. The van der Waals surface area contributed by atoms with E-state index in [-0.39, 0.29) is 0 Å². The van der Waals surface area contributed by atoms with Crippen molar-refractivity contribution in [1.82, 2.24) is 4.57 Å². The number of hydrogen-bond donors (Lipinski definition) is 0. The lowest BCUT2D eigenvalue weighted by atomic mass is 9.95. The molecule has 0 radical (unpaired) electrons. The number of fused-ring (bicyclic) bond motifs is 4. The summed E-state index contributed by atoms with van der Waals surface area (Å²) in [4.78, 5) is 0. The second kappa shape index (κ2) is 5.23. The van der Waals surface area contributed by atoms with Crippen LogP contribution in [0.15, 0.2) is 42.7 Å². The van der Waals surface area contributed by atoms with Crippen LogP contribution in [0, 0.1) is 6.92 Å². The maximum absolute atomic E-state index is 6.56. The van der Waals surface area contributed by atoms with Gasteiger partial charge in [-0.05, 0) is 24.6 Å². The van der Waals surface area contributed by atoms with Crippen molar-refractivity contribution < 1.29 is 9.30 Å². The van der Waals surface area contributed by atoms with Gasteiger partial charge in [-0.2, -0.15) is 4.57 Å². The SMILES string of the molecule is Cc1ccc2c3c(cn2C)Oc2c([n+](C)cc4ccc([Si](C)(C)C)cc24)-c13. The number of ether oxygens (including phenoxy) is 1. The fourth-order valence-electron chi connectivity index (χ4n) is 4.33. The number of benzene rings is 2. The first-order valence-corrected chi connectivity index (χ1v) is 13.0. The van der Waals surface area contributed by atoms with Gasteiger partial charge >= 0.3 is 0 Å². The third-order valence-corrected chi connectivity index (χ3v) is 7.89. The van der Waals surface area contributed by atoms with E-state index in [1.807, 2.05) is 0 Å². The van der Waals surface area contributed by atoms with E-state index < -0.39 is 8.07 Å². The lowest BCUT2D eigenvalue weighted by Gasteiger charge is -2.21. The summed E-state index contributed by atoms with van der Waals surface area (Å²) in [7, 11) is 2.81. The molecule has 0 atom stereocenters. The van der Waals surface area contributed by atoms with Crippen molar-refractivity contribution >= 4 is 34.9 Å². The molecule has 2 aromatic heterocycles. The molecule has 0 aliphatic carbocycles. The molecule has 4 aromatic rings. The average Bonchev–Trinajstić information content (AvgIpc) is 2.92. The number of aromatic nitrogens is 2. The smallest absolute Gasteiger partial charge is 0.257 e. The second-order valence-corrected chi connectivity index (χ2v) is 13.9. The monoisotopic (exact) mass is 373 g/mol. The molecular weight excluding hydrogens is 348 g/mol. The molecule has 4 heteroatoms. The second-order valence-electron chi connectivity index (χ2n) is 8.83. The van der Waals surface area contributed by atoms with E-state index in [9.17, 15) is 0 Å². The van der Waals surface area contributed by atoms with Crippen LogP contribution in [0.25, 0.3) is 32.9 Å². The third-order valence-electron chi connectivity index (χ3n) is 5.84. The van der Waals surface area contributed by atoms with Gasteiger partial charge in [0.05, 0.1) is 24.5 Å². The van der Waals surface area contributed by atoms with Crippen molar-refractivity contribution in [1.29, 1.82) is 0 Å². The van der Waals surface area contributed by atoms with E-state index in [0.717, 1.165) is 11.5 Å². The van der Waals surface area contributed by atoms with Crippen LogP contribution < -0.4 is 14.5 Å². The molecule has 1 aliphatic heterocycles. The van der Waals surface area contributed by atoms with E-state index in [2.05, 4.69) is 92.5 Å². The summed E-state index contributed by atoms with van der Waals surface area (Å²) in [6, 6.07) is 11.3. The number of hydrogen-bond acceptors (Lipinski definition) is 1. The summed E-state index contributed by atoms with van der Waals surface area (Å²) in [5.74, 6) is 1.95. The van der Waals surface area contributed by atoms with Crippen LogP contribution in [0.1, 0.15) is 5.56 Å². The Hall–Kier alpha value is -2.59. The fraction of sp³-hybridized carbons (Fsp3) is 0.261. The van der Waals surface area contributed by atoms with Crippen molar-refractivity contribution in [3.8, 4) is 22.8 Å². The van der Waals surface area contributed by atoms with Gasteiger partial charge < -0.3 is 9.30 Å². The lowest BCUT2D eigenvalue weighted by molar-refractivity contribution is -0.659. The minimum absolute atomic E-state index is 0.963. The maximum Gasteiger partial charge on any atom is 0.257 e. The number of rotatable bonds is 1. The predicted octanol–water partition coefficient (Wildman–Crippen LogP) is 4.78. The van der Waals surface area contributed by atoms with Crippen molar-refractivity contribution in [3.05, 3.63) is 48.3 Å². The van der Waals surface area contributed by atoms with Gasteiger partial charge in [-0.3, -0.25) is 0 Å². The van der Waals surface area contributed by atoms with E-state index >= 15 is 0 Å². The molecule has 1 aliphatic rings. The molecule has 0 fully saturated rings. The molecule has 0 amide bonds. The third kappa shape index (κ3) is 2.23. The van der Waals surface area contributed by atoms with Crippen molar-refractivity contribution in [2.75, 3.05) is 0 Å². The Balaban J connectivity index is 1.94. The molecule has 2 aromatic carbocycles. The first-order chi connectivity index (χ1) is 12.8. The highest BCUT2D eigenvalue weighted by Gasteiger charge is 2.33. The molecule has 136 valence electrons. The molecule has 0 bridgehead atoms. The summed E-state index contributed by atoms with van der Waals surface area (Å²) < 4.78 is 10.9. The van der Waals surface area contributed by atoms with Crippen molar-refractivity contribution in [2.45, 2.75) is 26.6 Å². The van der Waals surface area contributed by atoms with Gasteiger partial charge in [0, 0.05) is 24.0 Å². The zero-order valence-corrected chi connectivity index (χ0v) is 17.8. The summed E-state index contributed by atoms with van der Waals surface area (Å²) in [5, 5.41) is 5.13. The standard InChI is InChI=1S/C23H25N2OSi/c1-14-7-10-18-21-19(13-24(18)2)26-23-17-11-16(27(4,5)6)9-8-15(17)12-25(3)22(23)20(14)21/h7-13H,1-6H3/q+1. The first-order valence-electron chi connectivity index (χ1n) is 9.49. The Kier molecular flexibility index (Phi) is 3.21. The molecular formula is C23H25N2OSi+. The molecule has 0 saturated heterocycles. The van der Waals surface area contributed by atoms with Crippen LogP contribution >= 0.6 is 0 Å². The maximum atomic E-state index is 6.56. The molecule has 5 rings (SSSR count). The molecule has 3 heterocycles. The van der Waals surface area contributed by atoms with E-state index in [1.54, 1.807) is 0 Å². The number of pyridine rings is 1. The van der Waals surface area contributed by atoms with Gasteiger partial charge in [0.2, 0.25) is 5.75 Å². The Morgan fingerprint density at radius 2 is 1.85 bits per heavy atom. The molecule has 0 spiro atoms. The normalized spacial score (nSPS) is 13.1. The van der Waals surface area contributed by atoms with Gasteiger partial charge in [0.25, 0.3) is 5.69 Å². The molecule has 27 heavy (non-hydrogen) atoms. The fourth-order valence-corrected chi connectivity index (χ4v) is 5.49. The predicted molar refractivity (Wildman–Crippen MR) is 115 cm³/mol. The summed E-state index contributed by atoms with van der Waals surface area (Å²) in [6.45, 7) is 9.38. The van der Waals surface area contributed by atoms with Crippen molar-refractivity contribution in [3.63, 3.8) is 0 Å². The van der Waals surface area contributed by atoms with Crippen LogP contribution in [0.5, 0.6) is 11.5 Å². The van der Waals surface area contributed by atoms with E-state index in [4.69, 9.17) is 4.74 Å². The zero-order chi connectivity index (χ0) is 19.1. The van der Waals surface area contributed by atoms with Gasteiger partial charge in [-0.1, -0.05) is 43.0 Å². The Morgan fingerprint density at radius 1 is 1.07 bits per heavy atom. The summed E-state index contributed by atoms with van der Waals surface area (Å²) >= 11 is 0. The van der Waals surface area contributed by atoms with Gasteiger partial charge in [-0.15, -0.1) is 0 Å². The zero-order valence-electron chi connectivity index (χ0n) is 16.8. The Morgan fingerprint density at radius 3 is 2.59 bits per heavy atom. The quantitative estimate of drug-likeness (QED) is 0.305. The summed E-state index contributed by atoms with van der Waals surface area (Å²) in [5.41, 5.74) is 4.98. The van der Waals surface area contributed by atoms with Gasteiger partial charge in [0.1, 0.15) is 7.05 Å². The topological polar surface area (TPSA) is 18.0 Å². The highest BCUT2D eigenvalue weighted by atomic mass is 28.3. The number of nitrogens with zero attached hydrogens (tertiary/aromatic N) is 2. The molecule has 0 saturated carbocycles.